The summed E-state index contributed by atoms with van der Waals surface area (Å²) in [6.07, 6.45) is 3.48. The summed E-state index contributed by atoms with van der Waals surface area (Å²) >= 11 is 0. The lowest BCUT2D eigenvalue weighted by Crippen LogP contribution is -2.35. The van der Waals surface area contributed by atoms with E-state index in [1.54, 1.807) is 17.0 Å². The van der Waals surface area contributed by atoms with Crippen LogP contribution in [0, 0.1) is 0 Å². The molecule has 0 atom stereocenters. The second-order valence-electron chi connectivity index (χ2n) is 4.87. The molecule has 1 aliphatic rings. The molecule has 2 aromatic rings. The molecule has 0 radical (unpaired) electrons. The van der Waals surface area contributed by atoms with Crippen molar-refractivity contribution < 1.29 is 9.90 Å². The van der Waals surface area contributed by atoms with Crippen molar-refractivity contribution in [2.75, 3.05) is 13.2 Å². The third-order valence-corrected chi connectivity index (χ3v) is 3.39. The van der Waals surface area contributed by atoms with E-state index in [9.17, 15) is 4.79 Å². The summed E-state index contributed by atoms with van der Waals surface area (Å²) in [4.78, 5) is 18.3. The van der Waals surface area contributed by atoms with Gasteiger partial charge in [-0.1, -0.05) is 12.1 Å². The van der Waals surface area contributed by atoms with Crippen molar-refractivity contribution >= 4 is 5.91 Å². The monoisotopic (exact) mass is 272 g/mol. The van der Waals surface area contributed by atoms with Crippen molar-refractivity contribution in [3.63, 3.8) is 0 Å². The molecule has 0 unspecified atom stereocenters. The summed E-state index contributed by atoms with van der Waals surface area (Å²) in [5.41, 5.74) is 1.44. The SMILES string of the molecule is O=C(c1cccc(-c2ncn[nH]2)c1)N(CCO)C1CC1. The summed E-state index contributed by atoms with van der Waals surface area (Å²) in [5.74, 6) is 0.600. The summed E-state index contributed by atoms with van der Waals surface area (Å²) < 4.78 is 0. The van der Waals surface area contributed by atoms with Gasteiger partial charge in [-0.2, -0.15) is 5.10 Å². The van der Waals surface area contributed by atoms with Crippen LogP contribution in [0.3, 0.4) is 0 Å². The van der Waals surface area contributed by atoms with E-state index in [2.05, 4.69) is 15.2 Å². The number of amides is 1. The molecule has 1 aromatic heterocycles. The van der Waals surface area contributed by atoms with Crippen LogP contribution in [-0.4, -0.2) is 50.3 Å². The third-order valence-electron chi connectivity index (χ3n) is 3.39. The lowest BCUT2D eigenvalue weighted by molar-refractivity contribution is 0.0707. The van der Waals surface area contributed by atoms with Gasteiger partial charge in [-0.3, -0.25) is 9.89 Å². The first-order valence-corrected chi connectivity index (χ1v) is 6.67. The van der Waals surface area contributed by atoms with Crippen LogP contribution in [0.1, 0.15) is 23.2 Å². The molecule has 2 N–H and O–H groups in total. The third kappa shape index (κ3) is 2.55. The van der Waals surface area contributed by atoms with Crippen LogP contribution in [0.4, 0.5) is 0 Å². The number of hydrogen-bond donors (Lipinski definition) is 2. The standard InChI is InChI=1S/C14H16N4O2/c19-7-6-18(12-4-5-12)14(20)11-3-1-2-10(8-11)13-15-9-16-17-13/h1-3,8-9,12,19H,4-7H2,(H,15,16,17). The molecule has 3 rings (SSSR count). The van der Waals surface area contributed by atoms with E-state index in [0.29, 0.717) is 17.9 Å². The number of carbonyl (C=O) groups excluding carboxylic acids is 1. The van der Waals surface area contributed by atoms with E-state index < -0.39 is 0 Å². The zero-order valence-electron chi connectivity index (χ0n) is 11.0. The Labute approximate surface area is 116 Å². The Kier molecular flexibility index (Phi) is 3.47. The highest BCUT2D eigenvalue weighted by atomic mass is 16.3. The molecule has 0 aliphatic heterocycles. The Balaban J connectivity index is 1.85. The highest BCUT2D eigenvalue weighted by Crippen LogP contribution is 2.28. The van der Waals surface area contributed by atoms with E-state index in [0.717, 1.165) is 18.4 Å². The van der Waals surface area contributed by atoms with Crippen LogP contribution < -0.4 is 0 Å². The summed E-state index contributed by atoms with van der Waals surface area (Å²) in [5, 5.41) is 15.7. The summed E-state index contributed by atoms with van der Waals surface area (Å²) in [7, 11) is 0. The van der Waals surface area contributed by atoms with E-state index in [-0.39, 0.29) is 18.6 Å². The van der Waals surface area contributed by atoms with Gasteiger partial charge >= 0.3 is 0 Å². The highest BCUT2D eigenvalue weighted by Gasteiger charge is 2.32. The zero-order valence-corrected chi connectivity index (χ0v) is 11.0. The Bertz CT molecular complexity index is 593. The van der Waals surface area contributed by atoms with Gasteiger partial charge in [0, 0.05) is 23.7 Å². The predicted molar refractivity (Wildman–Crippen MR) is 73.0 cm³/mol. The van der Waals surface area contributed by atoms with Crippen LogP contribution in [-0.2, 0) is 0 Å². The van der Waals surface area contributed by atoms with E-state index in [4.69, 9.17) is 5.11 Å². The number of carbonyl (C=O) groups is 1. The number of aliphatic hydroxyl groups excluding tert-OH is 1. The molecule has 0 saturated heterocycles. The Morgan fingerprint density at radius 3 is 2.95 bits per heavy atom. The van der Waals surface area contributed by atoms with Crippen molar-refractivity contribution in [1.29, 1.82) is 0 Å². The number of rotatable bonds is 5. The van der Waals surface area contributed by atoms with Crippen molar-refractivity contribution in [2.24, 2.45) is 0 Å². The van der Waals surface area contributed by atoms with Gasteiger partial charge in [-0.15, -0.1) is 0 Å². The average molecular weight is 272 g/mol. The maximum atomic E-state index is 12.5. The van der Waals surface area contributed by atoms with Crippen molar-refractivity contribution in [3.05, 3.63) is 36.2 Å². The van der Waals surface area contributed by atoms with Gasteiger partial charge in [0.1, 0.15) is 6.33 Å². The molecule has 1 heterocycles. The predicted octanol–water partition coefficient (Wildman–Crippen LogP) is 1.07. The fraction of sp³-hybridized carbons (Fsp3) is 0.357. The minimum atomic E-state index is -0.0390. The van der Waals surface area contributed by atoms with Crippen LogP contribution >= 0.6 is 0 Å². The molecule has 1 fully saturated rings. The number of nitrogens with zero attached hydrogens (tertiary/aromatic N) is 3. The fourth-order valence-corrected chi connectivity index (χ4v) is 2.25. The molecular weight excluding hydrogens is 256 g/mol. The van der Waals surface area contributed by atoms with Gasteiger partial charge in [0.05, 0.1) is 6.61 Å². The van der Waals surface area contributed by atoms with E-state index >= 15 is 0 Å². The second kappa shape index (κ2) is 5.42. The van der Waals surface area contributed by atoms with E-state index in [1.165, 1.54) is 6.33 Å². The van der Waals surface area contributed by atoms with Gasteiger partial charge in [-0.05, 0) is 25.0 Å². The number of aromatic amines is 1. The Morgan fingerprint density at radius 1 is 1.45 bits per heavy atom. The molecule has 104 valence electrons. The number of aliphatic hydroxyl groups is 1. The summed E-state index contributed by atoms with van der Waals surface area (Å²) in [6, 6.07) is 7.58. The molecular formula is C14H16N4O2. The quantitative estimate of drug-likeness (QED) is 0.853. The smallest absolute Gasteiger partial charge is 0.254 e. The van der Waals surface area contributed by atoms with Crippen LogP contribution in [0.2, 0.25) is 0 Å². The Morgan fingerprint density at radius 2 is 2.30 bits per heavy atom. The Hall–Kier alpha value is -2.21. The average Bonchev–Trinajstić information content (AvgIpc) is 3.17. The number of hydrogen-bond acceptors (Lipinski definition) is 4. The minimum Gasteiger partial charge on any atom is -0.395 e. The summed E-state index contributed by atoms with van der Waals surface area (Å²) in [6.45, 7) is 0.375. The molecule has 1 aliphatic carbocycles. The van der Waals surface area contributed by atoms with Gasteiger partial charge in [-0.25, -0.2) is 4.98 Å². The molecule has 0 bridgehead atoms. The van der Waals surface area contributed by atoms with E-state index in [1.807, 2.05) is 12.1 Å². The minimum absolute atomic E-state index is 0.00989. The highest BCUT2D eigenvalue weighted by molar-refractivity contribution is 5.95. The molecule has 0 spiro atoms. The number of aromatic nitrogens is 3. The van der Waals surface area contributed by atoms with Crippen LogP contribution in [0.25, 0.3) is 11.4 Å². The zero-order chi connectivity index (χ0) is 13.9. The van der Waals surface area contributed by atoms with Gasteiger partial charge in [0.2, 0.25) is 0 Å². The molecule has 6 heteroatoms. The number of H-pyrrole nitrogens is 1. The van der Waals surface area contributed by atoms with Crippen molar-refractivity contribution in [1.82, 2.24) is 20.1 Å². The van der Waals surface area contributed by atoms with Crippen molar-refractivity contribution in [2.45, 2.75) is 18.9 Å². The van der Waals surface area contributed by atoms with Crippen LogP contribution in [0.5, 0.6) is 0 Å². The molecule has 1 aromatic carbocycles. The van der Waals surface area contributed by atoms with Crippen molar-refractivity contribution in [3.8, 4) is 11.4 Å². The maximum Gasteiger partial charge on any atom is 0.254 e. The topological polar surface area (TPSA) is 82.1 Å². The van der Waals surface area contributed by atoms with Crippen LogP contribution in [0.15, 0.2) is 30.6 Å². The second-order valence-corrected chi connectivity index (χ2v) is 4.87. The lowest BCUT2D eigenvalue weighted by atomic mass is 10.1. The molecule has 1 amide bonds. The van der Waals surface area contributed by atoms with Gasteiger partial charge < -0.3 is 10.0 Å². The van der Waals surface area contributed by atoms with Gasteiger partial charge in [0.15, 0.2) is 5.82 Å². The van der Waals surface area contributed by atoms with Gasteiger partial charge in [0.25, 0.3) is 5.91 Å². The molecule has 1 saturated carbocycles. The largest absolute Gasteiger partial charge is 0.395 e. The maximum absolute atomic E-state index is 12.5. The molecule has 20 heavy (non-hydrogen) atoms. The first-order valence-electron chi connectivity index (χ1n) is 6.67. The molecule has 6 nitrogen and oxygen atoms in total. The first kappa shape index (κ1) is 12.8. The first-order chi connectivity index (χ1) is 9.79. The number of nitrogens with one attached hydrogen (secondary N) is 1. The fourth-order valence-electron chi connectivity index (χ4n) is 2.25. The number of benzene rings is 1. The lowest BCUT2D eigenvalue weighted by Gasteiger charge is -2.21. The normalized spacial score (nSPS) is 14.2.